The molecule has 0 radical (unpaired) electrons. The molecule has 1 heterocycles. The van der Waals surface area contributed by atoms with E-state index in [1.807, 2.05) is 0 Å². The number of alkyl halides is 6. The van der Waals surface area contributed by atoms with Crippen molar-refractivity contribution in [2.75, 3.05) is 7.11 Å². The van der Waals surface area contributed by atoms with Crippen LogP contribution in [0.1, 0.15) is 19.4 Å². The van der Waals surface area contributed by atoms with Crippen LogP contribution in [0.4, 0.5) is 26.3 Å². The first-order chi connectivity index (χ1) is 11.4. The zero-order valence-corrected chi connectivity index (χ0v) is 13.5. The van der Waals surface area contributed by atoms with Crippen molar-refractivity contribution in [2.24, 2.45) is 9.98 Å². The van der Waals surface area contributed by atoms with Gasteiger partial charge in [0.15, 0.2) is 0 Å². The standard InChI is InChI=1S/C15H15F6N3O/c1-9-22-13(14(16,17)18,15(19,20)21)23-10(2)24(9)8-11-4-6-12(25-3)7-5-11/h4-7H,8H2,1-3H3. The summed E-state index contributed by atoms with van der Waals surface area (Å²) in [6.07, 6.45) is -11.4. The highest BCUT2D eigenvalue weighted by atomic mass is 19.4. The number of amidine groups is 2. The van der Waals surface area contributed by atoms with E-state index >= 15 is 0 Å². The Balaban J connectivity index is 2.38. The first-order valence-corrected chi connectivity index (χ1v) is 7.08. The minimum Gasteiger partial charge on any atom is -0.497 e. The Bertz CT molecular complexity index is 655. The highest BCUT2D eigenvalue weighted by Crippen LogP contribution is 2.48. The fraction of sp³-hybridized carbons (Fsp3) is 0.467. The lowest BCUT2D eigenvalue weighted by Gasteiger charge is -2.38. The van der Waals surface area contributed by atoms with Crippen molar-refractivity contribution in [3.05, 3.63) is 29.8 Å². The molecular weight excluding hydrogens is 352 g/mol. The van der Waals surface area contributed by atoms with Crippen LogP contribution in [0, 0.1) is 0 Å². The van der Waals surface area contributed by atoms with Gasteiger partial charge in [0, 0.05) is 0 Å². The topological polar surface area (TPSA) is 37.2 Å². The molecule has 0 aliphatic carbocycles. The number of aliphatic imine (C=N–C) groups is 2. The van der Waals surface area contributed by atoms with Crippen molar-refractivity contribution in [1.82, 2.24) is 4.90 Å². The fourth-order valence-electron chi connectivity index (χ4n) is 2.40. The average molecular weight is 367 g/mol. The molecule has 1 aliphatic rings. The Labute approximate surface area is 139 Å². The van der Waals surface area contributed by atoms with Gasteiger partial charge in [0.05, 0.1) is 13.7 Å². The molecule has 1 aromatic rings. The summed E-state index contributed by atoms with van der Waals surface area (Å²) in [4.78, 5) is 6.99. The summed E-state index contributed by atoms with van der Waals surface area (Å²) < 4.78 is 83.7. The lowest BCUT2D eigenvalue weighted by atomic mass is 10.1. The predicted molar refractivity (Wildman–Crippen MR) is 79.6 cm³/mol. The van der Waals surface area contributed by atoms with E-state index in [1.165, 1.54) is 12.0 Å². The second-order valence-electron chi connectivity index (χ2n) is 5.42. The molecule has 10 heteroatoms. The highest BCUT2D eigenvalue weighted by molar-refractivity contribution is 6.00. The summed E-state index contributed by atoms with van der Waals surface area (Å²) in [6, 6.07) is 6.56. The molecule has 138 valence electrons. The van der Waals surface area contributed by atoms with Crippen LogP contribution >= 0.6 is 0 Å². The summed E-state index contributed by atoms with van der Waals surface area (Å²) >= 11 is 0. The van der Waals surface area contributed by atoms with Gasteiger partial charge >= 0.3 is 18.0 Å². The quantitative estimate of drug-likeness (QED) is 0.752. The summed E-state index contributed by atoms with van der Waals surface area (Å²) in [5.74, 6) is -0.262. The number of methoxy groups -OCH3 is 1. The van der Waals surface area contributed by atoms with Crippen LogP contribution in [0.3, 0.4) is 0 Å². The molecule has 1 aromatic carbocycles. The zero-order valence-electron chi connectivity index (χ0n) is 13.5. The smallest absolute Gasteiger partial charge is 0.443 e. The van der Waals surface area contributed by atoms with Gasteiger partial charge in [-0.25, -0.2) is 9.98 Å². The van der Waals surface area contributed by atoms with E-state index in [-0.39, 0.29) is 6.54 Å². The van der Waals surface area contributed by atoms with Gasteiger partial charge in [0.2, 0.25) is 0 Å². The molecule has 0 fully saturated rings. The molecule has 0 saturated heterocycles. The van der Waals surface area contributed by atoms with E-state index < -0.39 is 29.7 Å². The molecule has 0 amide bonds. The SMILES string of the molecule is COc1ccc(CN2C(C)=NC(C(F)(F)F)(C(F)(F)F)N=C2C)cc1. The number of rotatable bonds is 3. The molecule has 0 unspecified atom stereocenters. The van der Waals surface area contributed by atoms with Crippen LogP contribution in [-0.4, -0.2) is 41.7 Å². The second kappa shape index (κ2) is 6.23. The number of halogens is 6. The van der Waals surface area contributed by atoms with Crippen LogP contribution in [0.25, 0.3) is 0 Å². The van der Waals surface area contributed by atoms with Gasteiger partial charge in [0.1, 0.15) is 17.4 Å². The van der Waals surface area contributed by atoms with Crippen LogP contribution in [-0.2, 0) is 6.54 Å². The third-order valence-electron chi connectivity index (χ3n) is 3.72. The highest BCUT2D eigenvalue weighted by Gasteiger charge is 2.73. The van der Waals surface area contributed by atoms with Crippen LogP contribution < -0.4 is 4.74 Å². The Hall–Kier alpha value is -2.26. The molecule has 4 nitrogen and oxygen atoms in total. The first kappa shape index (κ1) is 19.1. The van der Waals surface area contributed by atoms with E-state index in [2.05, 4.69) is 9.98 Å². The zero-order chi connectivity index (χ0) is 19.0. The van der Waals surface area contributed by atoms with E-state index in [1.54, 1.807) is 24.3 Å². The lowest BCUT2D eigenvalue weighted by Crippen LogP contribution is -2.58. The van der Waals surface area contributed by atoms with Crippen LogP contribution in [0.15, 0.2) is 34.3 Å². The summed E-state index contributed by atoms with van der Waals surface area (Å²) in [5, 5.41) is 0. The van der Waals surface area contributed by atoms with E-state index in [0.29, 0.717) is 11.3 Å². The summed E-state index contributed by atoms with van der Waals surface area (Å²) in [6.45, 7) is 2.21. The molecule has 0 atom stereocenters. The summed E-state index contributed by atoms with van der Waals surface area (Å²) in [5.41, 5.74) is -3.82. The summed E-state index contributed by atoms with van der Waals surface area (Å²) in [7, 11) is 1.47. The van der Waals surface area contributed by atoms with Crippen molar-refractivity contribution in [2.45, 2.75) is 38.4 Å². The van der Waals surface area contributed by atoms with Gasteiger partial charge in [-0.2, -0.15) is 26.3 Å². The molecule has 0 aromatic heterocycles. The van der Waals surface area contributed by atoms with Gasteiger partial charge in [-0.3, -0.25) is 0 Å². The maximum atomic E-state index is 13.1. The molecular formula is C15H15F6N3O. The van der Waals surface area contributed by atoms with E-state index in [9.17, 15) is 26.3 Å². The molecule has 0 N–H and O–H groups in total. The van der Waals surface area contributed by atoms with Crippen molar-refractivity contribution >= 4 is 11.7 Å². The normalized spacial score (nSPS) is 17.9. The number of nitrogens with zero attached hydrogens (tertiary/aromatic N) is 3. The number of benzene rings is 1. The molecule has 0 bridgehead atoms. The second-order valence-corrected chi connectivity index (χ2v) is 5.42. The number of hydrogen-bond donors (Lipinski definition) is 0. The molecule has 0 saturated carbocycles. The maximum Gasteiger partial charge on any atom is 0.443 e. The first-order valence-electron chi connectivity index (χ1n) is 7.08. The minimum absolute atomic E-state index is 0.0282. The molecule has 2 rings (SSSR count). The Morgan fingerprint density at radius 1 is 0.920 bits per heavy atom. The molecule has 0 spiro atoms. The Kier molecular flexibility index (Phi) is 4.75. The van der Waals surface area contributed by atoms with Crippen molar-refractivity contribution in [3.63, 3.8) is 0 Å². The van der Waals surface area contributed by atoms with Crippen molar-refractivity contribution in [3.8, 4) is 5.75 Å². The van der Waals surface area contributed by atoms with Crippen molar-refractivity contribution < 1.29 is 31.1 Å². The van der Waals surface area contributed by atoms with Gasteiger partial charge < -0.3 is 9.64 Å². The third kappa shape index (κ3) is 3.42. The lowest BCUT2D eigenvalue weighted by molar-refractivity contribution is -0.293. The van der Waals surface area contributed by atoms with Gasteiger partial charge in [-0.05, 0) is 31.5 Å². The largest absolute Gasteiger partial charge is 0.497 e. The third-order valence-corrected chi connectivity index (χ3v) is 3.72. The number of ether oxygens (including phenoxy) is 1. The van der Waals surface area contributed by atoms with Gasteiger partial charge in [0.25, 0.3) is 0 Å². The van der Waals surface area contributed by atoms with E-state index in [4.69, 9.17) is 4.74 Å². The maximum absolute atomic E-state index is 13.1. The van der Waals surface area contributed by atoms with Gasteiger partial charge in [-0.1, -0.05) is 12.1 Å². The Morgan fingerprint density at radius 2 is 1.36 bits per heavy atom. The fourth-order valence-corrected chi connectivity index (χ4v) is 2.40. The molecule has 1 aliphatic heterocycles. The Morgan fingerprint density at radius 3 is 1.72 bits per heavy atom. The van der Waals surface area contributed by atoms with Gasteiger partial charge in [-0.15, -0.1) is 0 Å². The van der Waals surface area contributed by atoms with Crippen LogP contribution in [0.5, 0.6) is 5.75 Å². The predicted octanol–water partition coefficient (Wildman–Crippen LogP) is 4.17. The van der Waals surface area contributed by atoms with Crippen molar-refractivity contribution in [1.29, 1.82) is 0 Å². The average Bonchev–Trinajstić information content (AvgIpc) is 2.49. The minimum atomic E-state index is -5.69. The number of hydrogen-bond acceptors (Lipinski definition) is 4. The molecule has 25 heavy (non-hydrogen) atoms. The van der Waals surface area contributed by atoms with E-state index in [0.717, 1.165) is 13.8 Å². The van der Waals surface area contributed by atoms with Crippen LogP contribution in [0.2, 0.25) is 0 Å². The monoisotopic (exact) mass is 367 g/mol.